The number of aliphatic hydroxyl groups is 1. The van der Waals surface area contributed by atoms with Crippen LogP contribution in [0.1, 0.15) is 13.8 Å². The highest BCUT2D eigenvalue weighted by Crippen LogP contribution is 2.27. The molecule has 2 N–H and O–H groups in total. The van der Waals surface area contributed by atoms with E-state index in [9.17, 15) is 5.11 Å². The van der Waals surface area contributed by atoms with E-state index in [0.717, 1.165) is 26.2 Å². The molecular weight excluding hydrogens is 311 g/mol. The summed E-state index contributed by atoms with van der Waals surface area (Å²) >= 11 is 11.9. The predicted molar refractivity (Wildman–Crippen MR) is 88.6 cm³/mol. The largest absolute Gasteiger partial charge is 0.489 e. The van der Waals surface area contributed by atoms with E-state index < -0.39 is 6.10 Å². The summed E-state index contributed by atoms with van der Waals surface area (Å²) in [7, 11) is 0. The lowest BCUT2D eigenvalue weighted by atomic mass is 10.3. The molecule has 0 aliphatic rings. The molecule has 0 heterocycles. The fourth-order valence-corrected chi connectivity index (χ4v) is 2.21. The van der Waals surface area contributed by atoms with Gasteiger partial charge in [0.15, 0.2) is 0 Å². The van der Waals surface area contributed by atoms with Gasteiger partial charge in [0.25, 0.3) is 0 Å². The van der Waals surface area contributed by atoms with Gasteiger partial charge in [0.2, 0.25) is 0 Å². The molecule has 0 aromatic heterocycles. The first-order valence-corrected chi connectivity index (χ1v) is 8.01. The SMILES string of the molecule is CCN(CC)CCNCC(O)COc1cc(Cl)ccc1Cl. The number of halogens is 2. The van der Waals surface area contributed by atoms with Gasteiger partial charge in [0, 0.05) is 30.7 Å². The molecule has 0 saturated heterocycles. The van der Waals surface area contributed by atoms with Crippen LogP contribution in [-0.2, 0) is 0 Å². The second-order valence-electron chi connectivity index (χ2n) is 4.77. The van der Waals surface area contributed by atoms with Crippen molar-refractivity contribution in [2.75, 3.05) is 39.3 Å². The van der Waals surface area contributed by atoms with Crippen LogP contribution >= 0.6 is 23.2 Å². The van der Waals surface area contributed by atoms with Crippen molar-refractivity contribution >= 4 is 23.2 Å². The molecule has 1 rings (SSSR count). The van der Waals surface area contributed by atoms with Gasteiger partial charge in [-0.3, -0.25) is 0 Å². The lowest BCUT2D eigenvalue weighted by molar-refractivity contribution is 0.106. The average molecular weight is 335 g/mol. The number of benzene rings is 1. The zero-order chi connectivity index (χ0) is 15.7. The van der Waals surface area contributed by atoms with E-state index in [1.54, 1.807) is 18.2 Å². The summed E-state index contributed by atoms with van der Waals surface area (Å²) in [6.45, 7) is 8.84. The lowest BCUT2D eigenvalue weighted by Crippen LogP contribution is -2.37. The van der Waals surface area contributed by atoms with Gasteiger partial charge in [-0.25, -0.2) is 0 Å². The highest BCUT2D eigenvalue weighted by molar-refractivity contribution is 6.34. The third-order valence-electron chi connectivity index (χ3n) is 3.20. The number of nitrogens with zero attached hydrogens (tertiary/aromatic N) is 1. The third kappa shape index (κ3) is 7.34. The summed E-state index contributed by atoms with van der Waals surface area (Å²) in [5, 5.41) is 14.1. The summed E-state index contributed by atoms with van der Waals surface area (Å²) in [6.07, 6.45) is -0.586. The molecule has 0 radical (unpaired) electrons. The molecule has 120 valence electrons. The fraction of sp³-hybridized carbons (Fsp3) is 0.600. The number of nitrogens with one attached hydrogen (secondary N) is 1. The summed E-state index contributed by atoms with van der Waals surface area (Å²) in [5.74, 6) is 0.492. The molecule has 0 bridgehead atoms. The van der Waals surface area contributed by atoms with Crippen LogP contribution < -0.4 is 10.1 Å². The third-order valence-corrected chi connectivity index (χ3v) is 3.75. The molecule has 4 nitrogen and oxygen atoms in total. The van der Waals surface area contributed by atoms with Gasteiger partial charge in [-0.1, -0.05) is 37.0 Å². The first-order chi connectivity index (χ1) is 10.1. The Morgan fingerprint density at radius 2 is 2.00 bits per heavy atom. The maximum atomic E-state index is 9.87. The van der Waals surface area contributed by atoms with Crippen molar-refractivity contribution in [3.63, 3.8) is 0 Å². The predicted octanol–water partition coefficient (Wildman–Crippen LogP) is 2.66. The minimum Gasteiger partial charge on any atom is -0.489 e. The Balaban J connectivity index is 2.22. The smallest absolute Gasteiger partial charge is 0.139 e. The first-order valence-electron chi connectivity index (χ1n) is 7.25. The fourth-order valence-electron chi connectivity index (χ4n) is 1.88. The number of aliphatic hydroxyl groups excluding tert-OH is 1. The molecule has 21 heavy (non-hydrogen) atoms. The molecule has 0 fully saturated rings. The standard InChI is InChI=1S/C15H24Cl2N2O2/c1-3-19(4-2)8-7-18-10-13(20)11-21-15-9-12(16)5-6-14(15)17/h5-6,9,13,18,20H,3-4,7-8,10-11H2,1-2H3. The van der Waals surface area contributed by atoms with Gasteiger partial charge in [-0.05, 0) is 25.2 Å². The monoisotopic (exact) mass is 334 g/mol. The minimum absolute atomic E-state index is 0.179. The normalized spacial score (nSPS) is 12.7. The van der Waals surface area contributed by atoms with Gasteiger partial charge < -0.3 is 20.1 Å². The highest BCUT2D eigenvalue weighted by atomic mass is 35.5. The molecule has 0 amide bonds. The molecule has 6 heteroatoms. The van der Waals surface area contributed by atoms with Crippen LogP contribution in [0.15, 0.2) is 18.2 Å². The van der Waals surface area contributed by atoms with E-state index in [-0.39, 0.29) is 6.61 Å². The molecule has 0 aliphatic heterocycles. The Bertz CT molecular complexity index is 415. The summed E-state index contributed by atoms with van der Waals surface area (Å²) in [4.78, 5) is 2.32. The summed E-state index contributed by atoms with van der Waals surface area (Å²) in [5.41, 5.74) is 0. The molecule has 1 aromatic rings. The molecule has 1 unspecified atom stereocenters. The van der Waals surface area contributed by atoms with E-state index in [1.165, 1.54) is 0 Å². The van der Waals surface area contributed by atoms with Crippen molar-refractivity contribution in [3.05, 3.63) is 28.2 Å². The lowest BCUT2D eigenvalue weighted by Gasteiger charge is -2.19. The minimum atomic E-state index is -0.586. The molecular formula is C15H24Cl2N2O2. The number of ether oxygens (including phenoxy) is 1. The topological polar surface area (TPSA) is 44.7 Å². The van der Waals surface area contributed by atoms with Crippen molar-refractivity contribution in [2.45, 2.75) is 20.0 Å². The van der Waals surface area contributed by atoms with Crippen molar-refractivity contribution < 1.29 is 9.84 Å². The van der Waals surface area contributed by atoms with E-state index in [0.29, 0.717) is 22.3 Å². The molecule has 0 saturated carbocycles. The highest BCUT2D eigenvalue weighted by Gasteiger charge is 2.08. The average Bonchev–Trinajstić information content (AvgIpc) is 2.48. The van der Waals surface area contributed by atoms with Gasteiger partial charge in [-0.2, -0.15) is 0 Å². The second-order valence-corrected chi connectivity index (χ2v) is 5.61. The first kappa shape index (κ1) is 18.5. The number of hydrogen-bond donors (Lipinski definition) is 2. The van der Waals surface area contributed by atoms with Crippen molar-refractivity contribution in [2.24, 2.45) is 0 Å². The van der Waals surface area contributed by atoms with Crippen molar-refractivity contribution in [1.82, 2.24) is 10.2 Å². The molecule has 0 aliphatic carbocycles. The maximum absolute atomic E-state index is 9.87. The van der Waals surface area contributed by atoms with Gasteiger partial charge in [-0.15, -0.1) is 0 Å². The van der Waals surface area contributed by atoms with Gasteiger partial charge in [0.1, 0.15) is 18.5 Å². The van der Waals surface area contributed by atoms with E-state index in [2.05, 4.69) is 24.1 Å². The van der Waals surface area contributed by atoms with Gasteiger partial charge >= 0.3 is 0 Å². The Hall–Kier alpha value is -0.520. The van der Waals surface area contributed by atoms with Crippen LogP contribution in [0.2, 0.25) is 10.0 Å². The zero-order valence-electron chi connectivity index (χ0n) is 12.6. The quantitative estimate of drug-likeness (QED) is 0.646. The Morgan fingerprint density at radius 3 is 2.67 bits per heavy atom. The van der Waals surface area contributed by atoms with Crippen LogP contribution in [0.4, 0.5) is 0 Å². The van der Waals surface area contributed by atoms with Crippen LogP contribution in [0.3, 0.4) is 0 Å². The maximum Gasteiger partial charge on any atom is 0.139 e. The van der Waals surface area contributed by atoms with E-state index in [4.69, 9.17) is 27.9 Å². The Kier molecular flexibility index (Phi) is 9.04. The zero-order valence-corrected chi connectivity index (χ0v) is 14.1. The number of rotatable bonds is 10. The van der Waals surface area contributed by atoms with Crippen LogP contribution in [-0.4, -0.2) is 55.4 Å². The number of likely N-dealkylation sites (N-methyl/N-ethyl adjacent to an activating group) is 1. The Morgan fingerprint density at radius 1 is 1.29 bits per heavy atom. The second kappa shape index (κ2) is 10.2. The van der Waals surface area contributed by atoms with Crippen LogP contribution in [0, 0.1) is 0 Å². The molecule has 0 spiro atoms. The molecule has 1 atom stereocenters. The van der Waals surface area contributed by atoms with Crippen molar-refractivity contribution in [1.29, 1.82) is 0 Å². The Labute approximate surface area is 137 Å². The van der Waals surface area contributed by atoms with Crippen LogP contribution in [0.5, 0.6) is 5.75 Å². The summed E-state index contributed by atoms with van der Waals surface area (Å²) < 4.78 is 5.48. The number of hydrogen-bond acceptors (Lipinski definition) is 4. The van der Waals surface area contributed by atoms with Crippen molar-refractivity contribution in [3.8, 4) is 5.75 Å². The van der Waals surface area contributed by atoms with Crippen LogP contribution in [0.25, 0.3) is 0 Å². The van der Waals surface area contributed by atoms with E-state index in [1.807, 2.05) is 0 Å². The van der Waals surface area contributed by atoms with E-state index >= 15 is 0 Å². The van der Waals surface area contributed by atoms with Gasteiger partial charge in [0.05, 0.1) is 5.02 Å². The summed E-state index contributed by atoms with van der Waals surface area (Å²) in [6, 6.07) is 5.01. The molecule has 1 aromatic carbocycles.